The fraction of sp³-hybridized carbons (Fsp3) is 0.438. The van der Waals surface area contributed by atoms with E-state index in [0.717, 1.165) is 11.3 Å². The minimum absolute atomic E-state index is 0.280. The molecule has 3 heterocycles. The molecule has 0 amide bonds. The van der Waals surface area contributed by atoms with Gasteiger partial charge in [0.25, 0.3) is 10.0 Å². The number of pyridine rings is 1. The molecule has 2 aromatic rings. The Labute approximate surface area is 145 Å². The highest BCUT2D eigenvalue weighted by molar-refractivity contribution is 7.91. The lowest BCUT2D eigenvalue weighted by Gasteiger charge is -2.31. The van der Waals surface area contributed by atoms with Crippen LogP contribution in [0.15, 0.2) is 40.7 Å². The third-order valence-electron chi connectivity index (χ3n) is 3.76. The summed E-state index contributed by atoms with van der Waals surface area (Å²) in [6, 6.07) is 8.44. The predicted molar refractivity (Wildman–Crippen MR) is 91.9 cm³/mol. The fourth-order valence-corrected chi connectivity index (χ4v) is 5.05. The number of nitrogens with zero attached hydrogens (tertiary/aromatic N) is 1. The van der Waals surface area contributed by atoms with Crippen molar-refractivity contribution in [1.82, 2.24) is 9.71 Å². The van der Waals surface area contributed by atoms with E-state index in [1.165, 1.54) is 11.3 Å². The first kappa shape index (κ1) is 17.3. The second-order valence-corrected chi connectivity index (χ2v) is 8.60. The van der Waals surface area contributed by atoms with E-state index >= 15 is 0 Å². The summed E-state index contributed by atoms with van der Waals surface area (Å²) < 4.78 is 39.5. The van der Waals surface area contributed by atoms with Crippen LogP contribution in [0.2, 0.25) is 0 Å². The van der Waals surface area contributed by atoms with Gasteiger partial charge < -0.3 is 9.47 Å². The van der Waals surface area contributed by atoms with E-state index in [4.69, 9.17) is 9.47 Å². The highest BCUT2D eigenvalue weighted by Gasteiger charge is 2.32. The number of hydrogen-bond donors (Lipinski definition) is 1. The summed E-state index contributed by atoms with van der Waals surface area (Å²) in [5.41, 5.74) is 0. The molecule has 1 saturated heterocycles. The average molecular weight is 368 g/mol. The van der Waals surface area contributed by atoms with Gasteiger partial charge in [-0.05, 0) is 24.6 Å². The second kappa shape index (κ2) is 7.60. The van der Waals surface area contributed by atoms with E-state index in [1.54, 1.807) is 24.4 Å². The molecule has 6 nitrogen and oxygen atoms in total. The van der Waals surface area contributed by atoms with Crippen molar-refractivity contribution in [3.63, 3.8) is 0 Å². The molecule has 0 saturated carbocycles. The number of hydrogen-bond acceptors (Lipinski definition) is 6. The van der Waals surface area contributed by atoms with Crippen LogP contribution >= 0.6 is 11.3 Å². The topological polar surface area (TPSA) is 77.5 Å². The van der Waals surface area contributed by atoms with Crippen molar-refractivity contribution in [3.05, 3.63) is 41.4 Å². The Balaban J connectivity index is 1.73. The van der Waals surface area contributed by atoms with E-state index in [2.05, 4.69) is 9.71 Å². The van der Waals surface area contributed by atoms with E-state index in [1.807, 2.05) is 19.1 Å². The van der Waals surface area contributed by atoms with Crippen molar-refractivity contribution >= 4 is 21.4 Å². The van der Waals surface area contributed by atoms with Gasteiger partial charge >= 0.3 is 0 Å². The van der Waals surface area contributed by atoms with E-state index < -0.39 is 16.1 Å². The molecule has 1 fully saturated rings. The minimum Gasteiger partial charge on any atom is -0.472 e. The van der Waals surface area contributed by atoms with Gasteiger partial charge in [-0.15, -0.1) is 11.3 Å². The molecule has 0 spiro atoms. The largest absolute Gasteiger partial charge is 0.472 e. The van der Waals surface area contributed by atoms with Crippen LogP contribution in [0.3, 0.4) is 0 Å². The van der Waals surface area contributed by atoms with Crippen LogP contribution in [0.5, 0.6) is 5.88 Å². The number of aromatic nitrogens is 1. The van der Waals surface area contributed by atoms with Crippen molar-refractivity contribution in [3.8, 4) is 5.88 Å². The third kappa shape index (κ3) is 4.13. The molecule has 1 N–H and O–H groups in total. The molecule has 2 aromatic heterocycles. The van der Waals surface area contributed by atoms with Gasteiger partial charge in [-0.25, -0.2) is 18.1 Å². The molecule has 0 aromatic carbocycles. The van der Waals surface area contributed by atoms with Crippen molar-refractivity contribution in [1.29, 1.82) is 0 Å². The SMILES string of the molecule is CCc1ccc(S(=O)(=O)N[C@@H]2COCC[C@H]2Oc2ccccn2)s1. The molecule has 0 bridgehead atoms. The first-order valence-corrected chi connectivity index (χ1v) is 10.1. The molecule has 1 aliphatic heterocycles. The molecule has 0 radical (unpaired) electrons. The van der Waals surface area contributed by atoms with Gasteiger partial charge in [-0.1, -0.05) is 13.0 Å². The summed E-state index contributed by atoms with van der Waals surface area (Å²) in [6.07, 6.45) is 2.76. The Hall–Kier alpha value is -1.48. The van der Waals surface area contributed by atoms with Gasteiger partial charge in [0.15, 0.2) is 0 Å². The monoisotopic (exact) mass is 368 g/mol. The maximum Gasteiger partial charge on any atom is 0.250 e. The van der Waals surface area contributed by atoms with Crippen molar-refractivity contribution in [2.75, 3.05) is 13.2 Å². The number of aryl methyl sites for hydroxylation is 1. The first-order chi connectivity index (χ1) is 11.6. The molecule has 0 unspecified atom stereocenters. The molecular formula is C16H20N2O4S2. The molecule has 24 heavy (non-hydrogen) atoms. The summed E-state index contributed by atoms with van der Waals surface area (Å²) in [5, 5.41) is 0. The van der Waals surface area contributed by atoms with Crippen LogP contribution in [-0.4, -0.2) is 38.8 Å². The third-order valence-corrected chi connectivity index (χ3v) is 6.97. The van der Waals surface area contributed by atoms with E-state index in [9.17, 15) is 8.42 Å². The summed E-state index contributed by atoms with van der Waals surface area (Å²) in [7, 11) is -3.59. The van der Waals surface area contributed by atoms with Crippen molar-refractivity contribution < 1.29 is 17.9 Å². The van der Waals surface area contributed by atoms with E-state index in [0.29, 0.717) is 23.1 Å². The van der Waals surface area contributed by atoms with Crippen LogP contribution in [0.4, 0.5) is 0 Å². The Morgan fingerprint density at radius 3 is 2.96 bits per heavy atom. The van der Waals surface area contributed by atoms with Gasteiger partial charge in [0.2, 0.25) is 5.88 Å². The summed E-state index contributed by atoms with van der Waals surface area (Å²) >= 11 is 1.29. The van der Waals surface area contributed by atoms with Gasteiger partial charge in [0.1, 0.15) is 10.3 Å². The quantitative estimate of drug-likeness (QED) is 0.846. The molecule has 130 valence electrons. The van der Waals surface area contributed by atoms with E-state index in [-0.39, 0.29) is 12.7 Å². The molecule has 8 heteroatoms. The zero-order valence-electron chi connectivity index (χ0n) is 13.3. The zero-order valence-corrected chi connectivity index (χ0v) is 15.0. The minimum atomic E-state index is -3.59. The Bertz CT molecular complexity index is 761. The highest BCUT2D eigenvalue weighted by atomic mass is 32.2. The summed E-state index contributed by atoms with van der Waals surface area (Å²) in [6.45, 7) is 2.82. The van der Waals surface area contributed by atoms with Crippen LogP contribution in [-0.2, 0) is 21.2 Å². The molecule has 0 aliphatic carbocycles. The summed E-state index contributed by atoms with van der Waals surface area (Å²) in [4.78, 5) is 5.18. The van der Waals surface area contributed by atoms with Crippen molar-refractivity contribution in [2.24, 2.45) is 0 Å². The van der Waals surface area contributed by atoms with Crippen LogP contribution in [0.1, 0.15) is 18.2 Å². The normalized spacial score (nSPS) is 21.5. The smallest absolute Gasteiger partial charge is 0.250 e. The highest BCUT2D eigenvalue weighted by Crippen LogP contribution is 2.23. The Morgan fingerprint density at radius 2 is 2.25 bits per heavy atom. The molecule has 1 aliphatic rings. The molecule has 3 rings (SSSR count). The van der Waals surface area contributed by atoms with Gasteiger partial charge in [-0.3, -0.25) is 0 Å². The lowest BCUT2D eigenvalue weighted by molar-refractivity contribution is 0.00151. The number of rotatable bonds is 6. The van der Waals surface area contributed by atoms with Gasteiger partial charge in [-0.2, -0.15) is 0 Å². The van der Waals surface area contributed by atoms with Gasteiger partial charge in [0.05, 0.1) is 19.3 Å². The zero-order chi connectivity index (χ0) is 17.0. The Kier molecular flexibility index (Phi) is 5.50. The standard InChI is InChI=1S/C16H20N2O4S2/c1-2-12-6-7-16(23-12)24(19,20)18-13-11-21-10-8-14(13)22-15-5-3-4-9-17-15/h3-7,9,13-14,18H,2,8,10-11H2,1H3/t13-,14-/m1/s1. The van der Waals surface area contributed by atoms with Crippen molar-refractivity contribution in [2.45, 2.75) is 36.1 Å². The van der Waals surface area contributed by atoms with Crippen LogP contribution in [0.25, 0.3) is 0 Å². The fourth-order valence-electron chi connectivity index (χ4n) is 2.49. The summed E-state index contributed by atoms with van der Waals surface area (Å²) in [5.74, 6) is 0.484. The first-order valence-electron chi connectivity index (χ1n) is 7.85. The second-order valence-electron chi connectivity index (χ2n) is 5.49. The number of thiophene rings is 1. The molecule has 2 atom stereocenters. The maximum atomic E-state index is 12.6. The van der Waals surface area contributed by atoms with Crippen LogP contribution in [0, 0.1) is 0 Å². The Morgan fingerprint density at radius 1 is 1.38 bits per heavy atom. The lowest BCUT2D eigenvalue weighted by atomic mass is 10.1. The van der Waals surface area contributed by atoms with Crippen LogP contribution < -0.4 is 9.46 Å². The lowest BCUT2D eigenvalue weighted by Crippen LogP contribution is -2.51. The number of sulfonamides is 1. The van der Waals surface area contributed by atoms with Gasteiger partial charge in [0, 0.05) is 23.6 Å². The number of nitrogens with one attached hydrogen (secondary N) is 1. The maximum absolute atomic E-state index is 12.6. The molecular weight excluding hydrogens is 348 g/mol. The average Bonchev–Trinajstić information content (AvgIpc) is 3.08. The predicted octanol–water partition coefficient (Wildman–Crippen LogP) is 2.22. The number of ether oxygens (including phenoxy) is 2.